The number of rotatable bonds is 51. The molecule has 1 aliphatic heterocycles. The van der Waals surface area contributed by atoms with Gasteiger partial charge in [-0.25, -0.2) is 0 Å². The lowest BCUT2D eigenvalue weighted by atomic mass is 9.99. The van der Waals surface area contributed by atoms with E-state index < -0.39 is 67.4 Å². The molecule has 8 atom stereocenters. The molecule has 1 heterocycles. The Morgan fingerprint density at radius 3 is 1.33 bits per heavy atom. The number of nitrogens with one attached hydrogen (secondary N) is 1. The molecule has 458 valence electrons. The van der Waals surface area contributed by atoms with Crippen molar-refractivity contribution in [3.63, 3.8) is 0 Å². The minimum absolute atomic E-state index is 0.0699. The van der Waals surface area contributed by atoms with Crippen LogP contribution in [0.25, 0.3) is 0 Å². The summed E-state index contributed by atoms with van der Waals surface area (Å²) in [5.74, 6) is -1.29. The summed E-state index contributed by atoms with van der Waals surface area (Å²) in [4.78, 5) is 26.6. The second-order valence-electron chi connectivity index (χ2n) is 21.0. The van der Waals surface area contributed by atoms with Crippen LogP contribution >= 0.6 is 0 Å². The van der Waals surface area contributed by atoms with Crippen molar-refractivity contribution in [2.75, 3.05) is 13.2 Å². The van der Waals surface area contributed by atoms with Crippen molar-refractivity contribution in [2.24, 2.45) is 0 Å². The zero-order chi connectivity index (χ0) is 58.9. The molecule has 8 unspecified atom stereocenters. The van der Waals surface area contributed by atoms with Crippen molar-refractivity contribution >= 4 is 11.9 Å². The molecule has 1 fully saturated rings. The molecule has 0 aromatic heterocycles. The molecule has 0 aromatic rings. The summed E-state index contributed by atoms with van der Waals surface area (Å²) in [5, 5.41) is 57.0. The Morgan fingerprint density at radius 2 is 0.889 bits per heavy atom. The van der Waals surface area contributed by atoms with Crippen LogP contribution in [0.3, 0.4) is 0 Å². The topological polar surface area (TPSA) is 175 Å². The third kappa shape index (κ3) is 43.8. The molecule has 11 nitrogen and oxygen atoms in total. The fourth-order valence-corrected chi connectivity index (χ4v) is 8.80. The third-order valence-electron chi connectivity index (χ3n) is 13.7. The van der Waals surface area contributed by atoms with E-state index >= 15 is 0 Å². The number of aliphatic hydroxyl groups is 5. The van der Waals surface area contributed by atoms with E-state index in [1.807, 2.05) is 12.2 Å². The molecule has 1 aliphatic rings. The summed E-state index contributed by atoms with van der Waals surface area (Å²) in [6, 6.07) is -1.07. The molecular weight excluding hydrogens is 1010 g/mol. The number of amides is 1. The standard InChI is InChI=1S/C70H113NO10/c1-4-7-10-13-16-19-22-25-27-29-31-33-34-36-39-42-45-48-51-54-57-63(74)69(78)71-61(62(73)56-53-50-47-44-41-38-24-21-18-15-12-9-6-3)60-79-70-68(67(77)66(76)64(59-72)80-70)81-65(75)58-55-52-49-46-43-40-37-35-32-30-28-26-23-20-17-14-11-8-5-2/h7-8,10-11,16-17,19-20,25-28,31-33,35-36,39-40,43,45,48,53,56,61-64,66-68,70,72-74,76-77H,4-6,9,12-15,18,21-24,29-30,34,37-38,41-42,44,46-47,49-52,54-55,57-60H2,1-3H3,(H,71,78)/b10-7-,11-8-,19-16-,20-17-,27-25-,28-26-,33-31-,35-32-,39-36-,43-40-,48-45-,56-53+. The first-order chi connectivity index (χ1) is 39.7. The largest absolute Gasteiger partial charge is 0.454 e. The van der Waals surface area contributed by atoms with Crippen molar-refractivity contribution in [1.82, 2.24) is 5.32 Å². The van der Waals surface area contributed by atoms with E-state index in [0.717, 1.165) is 116 Å². The maximum Gasteiger partial charge on any atom is 0.306 e. The Bertz CT molecular complexity index is 1870. The predicted molar refractivity (Wildman–Crippen MR) is 337 cm³/mol. The number of hydrogen-bond donors (Lipinski definition) is 6. The van der Waals surface area contributed by atoms with E-state index in [1.165, 1.54) is 51.4 Å². The van der Waals surface area contributed by atoms with Gasteiger partial charge < -0.3 is 45.1 Å². The first kappa shape index (κ1) is 74.6. The van der Waals surface area contributed by atoms with Crippen LogP contribution in [-0.4, -0.2) is 99.6 Å². The van der Waals surface area contributed by atoms with Gasteiger partial charge in [-0.1, -0.05) is 237 Å². The summed E-state index contributed by atoms with van der Waals surface area (Å²) in [6.45, 7) is 5.50. The smallest absolute Gasteiger partial charge is 0.306 e. The first-order valence-corrected chi connectivity index (χ1v) is 31.6. The lowest BCUT2D eigenvalue weighted by Crippen LogP contribution is -2.61. The van der Waals surface area contributed by atoms with Gasteiger partial charge in [0.15, 0.2) is 12.4 Å². The molecule has 81 heavy (non-hydrogen) atoms. The second-order valence-corrected chi connectivity index (χ2v) is 21.0. The fourth-order valence-electron chi connectivity index (χ4n) is 8.80. The Hall–Kier alpha value is -4.46. The molecule has 0 spiro atoms. The Kier molecular flexibility index (Phi) is 51.6. The van der Waals surface area contributed by atoms with E-state index in [0.29, 0.717) is 19.3 Å². The van der Waals surface area contributed by atoms with Crippen molar-refractivity contribution < 1.29 is 49.3 Å². The highest BCUT2D eigenvalue weighted by Gasteiger charge is 2.47. The third-order valence-corrected chi connectivity index (χ3v) is 13.7. The van der Waals surface area contributed by atoms with Crippen LogP contribution in [0, 0.1) is 0 Å². The van der Waals surface area contributed by atoms with Gasteiger partial charge in [-0.2, -0.15) is 0 Å². The van der Waals surface area contributed by atoms with E-state index in [1.54, 1.807) is 6.08 Å². The van der Waals surface area contributed by atoms with Crippen molar-refractivity contribution in [3.8, 4) is 0 Å². The van der Waals surface area contributed by atoms with Gasteiger partial charge in [0.1, 0.15) is 24.4 Å². The van der Waals surface area contributed by atoms with Gasteiger partial charge in [0.25, 0.3) is 0 Å². The van der Waals surface area contributed by atoms with Gasteiger partial charge in [0.05, 0.1) is 25.4 Å². The fraction of sp³-hybridized carbons (Fsp3) is 0.629. The van der Waals surface area contributed by atoms with Gasteiger partial charge >= 0.3 is 5.97 Å². The summed E-state index contributed by atoms with van der Waals surface area (Å²) >= 11 is 0. The molecule has 1 amide bonds. The molecule has 0 aromatic carbocycles. The first-order valence-electron chi connectivity index (χ1n) is 31.6. The molecule has 1 rings (SSSR count). The molecule has 1 saturated heterocycles. The van der Waals surface area contributed by atoms with Crippen LogP contribution in [0.4, 0.5) is 0 Å². The number of allylic oxidation sites excluding steroid dienone is 23. The highest BCUT2D eigenvalue weighted by atomic mass is 16.7. The van der Waals surface area contributed by atoms with Crippen LogP contribution in [0.5, 0.6) is 0 Å². The van der Waals surface area contributed by atoms with Crippen LogP contribution in [0.1, 0.15) is 220 Å². The highest BCUT2D eigenvalue weighted by Crippen LogP contribution is 2.26. The van der Waals surface area contributed by atoms with Crippen molar-refractivity contribution in [2.45, 2.75) is 269 Å². The average molecular weight is 1130 g/mol. The van der Waals surface area contributed by atoms with Gasteiger partial charge in [-0.3, -0.25) is 9.59 Å². The molecule has 6 N–H and O–H groups in total. The number of carbonyl (C=O) groups is 2. The monoisotopic (exact) mass is 1130 g/mol. The zero-order valence-corrected chi connectivity index (χ0v) is 50.6. The van der Waals surface area contributed by atoms with Crippen LogP contribution in [0.2, 0.25) is 0 Å². The number of unbranched alkanes of at least 4 members (excludes halogenated alkanes) is 15. The van der Waals surface area contributed by atoms with E-state index in [2.05, 4.69) is 154 Å². The van der Waals surface area contributed by atoms with Crippen molar-refractivity contribution in [1.29, 1.82) is 0 Å². The Balaban J connectivity index is 2.76. The summed E-state index contributed by atoms with van der Waals surface area (Å²) in [6.07, 6.45) is 70.2. The second kappa shape index (κ2) is 56.0. The van der Waals surface area contributed by atoms with Gasteiger partial charge in [0.2, 0.25) is 5.91 Å². The van der Waals surface area contributed by atoms with Crippen molar-refractivity contribution in [3.05, 3.63) is 146 Å². The molecule has 0 radical (unpaired) electrons. The molecule has 11 heteroatoms. The molecule has 0 saturated carbocycles. The molecule has 0 aliphatic carbocycles. The minimum atomic E-state index is -1.65. The minimum Gasteiger partial charge on any atom is -0.454 e. The van der Waals surface area contributed by atoms with Crippen LogP contribution in [0.15, 0.2) is 146 Å². The lowest BCUT2D eigenvalue weighted by Gasteiger charge is -2.41. The van der Waals surface area contributed by atoms with Crippen LogP contribution in [-0.2, 0) is 23.8 Å². The van der Waals surface area contributed by atoms with Crippen LogP contribution < -0.4 is 5.32 Å². The number of esters is 1. The van der Waals surface area contributed by atoms with E-state index in [9.17, 15) is 35.1 Å². The SMILES string of the molecule is CC/C=C\C/C=C\C/C=C\C/C=C\C/C=C\C/C=C\CCCC(O)C(=O)NC(COC1OC(CO)C(O)C(O)C1OC(=O)CCCCC/C=C\C/C=C\C/C=C\C/C=C\C/C=C\CC)C(O)/C=C/CCCCCCCCCCCCC. The number of hydrogen-bond acceptors (Lipinski definition) is 10. The predicted octanol–water partition coefficient (Wildman–Crippen LogP) is 15.4. The van der Waals surface area contributed by atoms with Gasteiger partial charge in [-0.15, -0.1) is 0 Å². The average Bonchev–Trinajstić information content (AvgIpc) is 3.46. The summed E-state index contributed by atoms with van der Waals surface area (Å²) in [5.41, 5.74) is 0. The normalized spacial score (nSPS) is 19.7. The maximum atomic E-state index is 13.4. The zero-order valence-electron chi connectivity index (χ0n) is 50.6. The quantitative estimate of drug-likeness (QED) is 0.0195. The Morgan fingerprint density at radius 1 is 0.494 bits per heavy atom. The summed E-state index contributed by atoms with van der Waals surface area (Å²) in [7, 11) is 0. The maximum absolute atomic E-state index is 13.4. The van der Waals surface area contributed by atoms with E-state index in [4.69, 9.17) is 14.2 Å². The highest BCUT2D eigenvalue weighted by molar-refractivity contribution is 5.80. The number of aliphatic hydroxyl groups excluding tert-OH is 5. The molecular formula is C70H113NO10. The Labute approximate surface area is 492 Å². The van der Waals surface area contributed by atoms with E-state index in [-0.39, 0.29) is 19.4 Å². The summed E-state index contributed by atoms with van der Waals surface area (Å²) < 4.78 is 17.6. The van der Waals surface area contributed by atoms with Gasteiger partial charge in [-0.05, 0) is 122 Å². The van der Waals surface area contributed by atoms with Gasteiger partial charge in [0, 0.05) is 6.42 Å². The number of carbonyl (C=O) groups excluding carboxylic acids is 2. The number of ether oxygens (including phenoxy) is 3. The molecule has 0 bridgehead atoms. The lowest BCUT2D eigenvalue weighted by molar-refractivity contribution is -0.305.